The first kappa shape index (κ1) is 20.4. The van der Waals surface area contributed by atoms with Crippen LogP contribution >= 0.6 is 0 Å². The van der Waals surface area contributed by atoms with Crippen LogP contribution < -0.4 is 10.1 Å². The molecule has 1 aliphatic rings. The fraction of sp³-hybridized carbons (Fsp3) is 0.417. The van der Waals surface area contributed by atoms with E-state index >= 15 is 0 Å². The second-order valence-corrected chi connectivity index (χ2v) is 8.50. The third kappa shape index (κ3) is 4.65. The fourth-order valence-electron chi connectivity index (χ4n) is 3.47. The summed E-state index contributed by atoms with van der Waals surface area (Å²) in [5.41, 5.74) is 2.12. The Labute approximate surface area is 177 Å². The molecule has 30 heavy (non-hydrogen) atoms. The summed E-state index contributed by atoms with van der Waals surface area (Å²) in [4.78, 5) is 12.7. The lowest BCUT2D eigenvalue weighted by molar-refractivity contribution is -0.134. The number of rotatable bonds is 9. The van der Waals surface area contributed by atoms with Gasteiger partial charge in [0.05, 0.1) is 24.1 Å². The SMILES string of the molecule is COCc1ccc2c(c1)c(OC(C)(C)C(=O)NCC1CC1)nn2Cc1ccccc1. The Morgan fingerprint density at radius 1 is 1.17 bits per heavy atom. The van der Waals surface area contributed by atoms with Crippen LogP contribution in [0.3, 0.4) is 0 Å². The minimum absolute atomic E-state index is 0.117. The predicted octanol–water partition coefficient (Wildman–Crippen LogP) is 3.91. The number of fused-ring (bicyclic) bond motifs is 1. The molecule has 1 aliphatic carbocycles. The maximum atomic E-state index is 12.7. The molecule has 1 amide bonds. The first-order valence-electron chi connectivity index (χ1n) is 10.5. The van der Waals surface area contributed by atoms with Crippen LogP contribution in [0.15, 0.2) is 48.5 Å². The van der Waals surface area contributed by atoms with Crippen molar-refractivity contribution in [3.05, 3.63) is 59.7 Å². The maximum Gasteiger partial charge on any atom is 0.263 e. The summed E-state index contributed by atoms with van der Waals surface area (Å²) in [6.07, 6.45) is 2.39. The van der Waals surface area contributed by atoms with Crippen molar-refractivity contribution in [3.8, 4) is 5.88 Å². The Morgan fingerprint density at radius 3 is 2.63 bits per heavy atom. The van der Waals surface area contributed by atoms with Gasteiger partial charge in [-0.05, 0) is 55.9 Å². The normalized spacial score (nSPS) is 14.1. The number of nitrogens with zero attached hydrogens (tertiary/aromatic N) is 2. The minimum atomic E-state index is -1.02. The van der Waals surface area contributed by atoms with Gasteiger partial charge < -0.3 is 14.8 Å². The zero-order chi connectivity index (χ0) is 21.1. The molecule has 158 valence electrons. The quantitative estimate of drug-likeness (QED) is 0.584. The molecule has 0 radical (unpaired) electrons. The zero-order valence-corrected chi connectivity index (χ0v) is 17.9. The summed E-state index contributed by atoms with van der Waals surface area (Å²) < 4.78 is 13.4. The van der Waals surface area contributed by atoms with Crippen LogP contribution in [0.2, 0.25) is 0 Å². The third-order valence-corrected chi connectivity index (χ3v) is 5.41. The number of ether oxygens (including phenoxy) is 2. The standard InChI is InChI=1S/C24H29N3O3/c1-24(2,23(28)25-14-17-9-10-17)30-22-20-13-19(16-29-3)11-12-21(20)27(26-22)15-18-7-5-4-6-8-18/h4-8,11-13,17H,9-10,14-16H2,1-3H3,(H,25,28). The Bertz CT molecular complexity index is 1020. The van der Waals surface area contributed by atoms with Gasteiger partial charge in [-0.1, -0.05) is 36.4 Å². The van der Waals surface area contributed by atoms with Gasteiger partial charge in [-0.15, -0.1) is 5.10 Å². The Kier molecular flexibility index (Phi) is 5.77. The van der Waals surface area contributed by atoms with Gasteiger partial charge in [0.2, 0.25) is 5.88 Å². The summed E-state index contributed by atoms with van der Waals surface area (Å²) in [6, 6.07) is 16.3. The van der Waals surface area contributed by atoms with E-state index in [1.807, 2.05) is 41.1 Å². The van der Waals surface area contributed by atoms with Gasteiger partial charge in [-0.3, -0.25) is 9.48 Å². The summed E-state index contributed by atoms with van der Waals surface area (Å²) >= 11 is 0. The number of carbonyl (C=O) groups is 1. The second-order valence-electron chi connectivity index (χ2n) is 8.50. The van der Waals surface area contributed by atoms with E-state index in [0.29, 0.717) is 31.5 Å². The molecular formula is C24H29N3O3. The predicted molar refractivity (Wildman–Crippen MR) is 116 cm³/mol. The summed E-state index contributed by atoms with van der Waals surface area (Å²) in [6.45, 7) is 5.42. The average Bonchev–Trinajstić information content (AvgIpc) is 3.51. The number of carbonyl (C=O) groups excluding carboxylic acids is 1. The highest BCUT2D eigenvalue weighted by molar-refractivity contribution is 5.88. The van der Waals surface area contributed by atoms with E-state index in [1.165, 1.54) is 12.8 Å². The molecule has 1 aromatic heterocycles. The van der Waals surface area contributed by atoms with Crippen LogP contribution in [0.25, 0.3) is 10.9 Å². The largest absolute Gasteiger partial charge is 0.460 e. The smallest absolute Gasteiger partial charge is 0.263 e. The summed E-state index contributed by atoms with van der Waals surface area (Å²) in [5.74, 6) is 0.964. The molecule has 1 heterocycles. The highest BCUT2D eigenvalue weighted by atomic mass is 16.5. The summed E-state index contributed by atoms with van der Waals surface area (Å²) in [7, 11) is 1.67. The summed E-state index contributed by atoms with van der Waals surface area (Å²) in [5, 5.41) is 8.63. The lowest BCUT2D eigenvalue weighted by Crippen LogP contribution is -2.47. The molecule has 1 N–H and O–H groups in total. The van der Waals surface area contributed by atoms with Gasteiger partial charge >= 0.3 is 0 Å². The van der Waals surface area contributed by atoms with Crippen LogP contribution in [0.4, 0.5) is 0 Å². The Hall–Kier alpha value is -2.86. The van der Waals surface area contributed by atoms with Gasteiger partial charge in [0.25, 0.3) is 5.91 Å². The topological polar surface area (TPSA) is 65.4 Å². The second kappa shape index (κ2) is 8.48. The van der Waals surface area contributed by atoms with E-state index < -0.39 is 5.60 Å². The van der Waals surface area contributed by atoms with Gasteiger partial charge in [-0.25, -0.2) is 0 Å². The van der Waals surface area contributed by atoms with E-state index in [9.17, 15) is 4.79 Å². The van der Waals surface area contributed by atoms with Crippen LogP contribution in [0.1, 0.15) is 37.8 Å². The van der Waals surface area contributed by atoms with Gasteiger partial charge in [0.1, 0.15) is 0 Å². The fourth-order valence-corrected chi connectivity index (χ4v) is 3.47. The van der Waals surface area contributed by atoms with Gasteiger partial charge in [0, 0.05) is 13.7 Å². The van der Waals surface area contributed by atoms with Crippen molar-refractivity contribution in [2.75, 3.05) is 13.7 Å². The first-order chi connectivity index (χ1) is 14.5. The molecule has 4 rings (SSSR count). The highest BCUT2D eigenvalue weighted by Gasteiger charge is 2.33. The number of amides is 1. The molecule has 1 saturated carbocycles. The third-order valence-electron chi connectivity index (χ3n) is 5.41. The van der Waals surface area contributed by atoms with Crippen molar-refractivity contribution in [2.24, 2.45) is 5.92 Å². The molecule has 0 unspecified atom stereocenters. The molecule has 0 spiro atoms. The van der Waals surface area contributed by atoms with E-state index in [1.54, 1.807) is 21.0 Å². The molecule has 0 saturated heterocycles. The van der Waals surface area contributed by atoms with Crippen molar-refractivity contribution in [1.82, 2.24) is 15.1 Å². The van der Waals surface area contributed by atoms with E-state index in [4.69, 9.17) is 14.6 Å². The number of hydrogen-bond acceptors (Lipinski definition) is 4. The molecule has 0 aliphatic heterocycles. The lowest BCUT2D eigenvalue weighted by atomic mass is 10.1. The Morgan fingerprint density at radius 2 is 1.93 bits per heavy atom. The van der Waals surface area contributed by atoms with Crippen molar-refractivity contribution in [2.45, 2.75) is 45.4 Å². The monoisotopic (exact) mass is 407 g/mol. The maximum absolute atomic E-state index is 12.7. The van der Waals surface area contributed by atoms with E-state index in [-0.39, 0.29) is 5.91 Å². The van der Waals surface area contributed by atoms with Crippen LogP contribution in [-0.4, -0.2) is 34.9 Å². The molecule has 0 bridgehead atoms. The number of benzene rings is 2. The number of methoxy groups -OCH3 is 1. The van der Waals surface area contributed by atoms with Gasteiger partial charge in [0.15, 0.2) is 5.60 Å². The van der Waals surface area contributed by atoms with Crippen molar-refractivity contribution < 1.29 is 14.3 Å². The van der Waals surface area contributed by atoms with E-state index in [2.05, 4.69) is 17.4 Å². The molecular weight excluding hydrogens is 378 g/mol. The molecule has 6 nitrogen and oxygen atoms in total. The van der Waals surface area contributed by atoms with E-state index in [0.717, 1.165) is 22.0 Å². The number of nitrogens with one attached hydrogen (secondary N) is 1. The molecule has 3 aromatic rings. The average molecular weight is 408 g/mol. The highest BCUT2D eigenvalue weighted by Crippen LogP contribution is 2.31. The van der Waals surface area contributed by atoms with Crippen molar-refractivity contribution in [1.29, 1.82) is 0 Å². The minimum Gasteiger partial charge on any atom is -0.460 e. The van der Waals surface area contributed by atoms with Crippen molar-refractivity contribution in [3.63, 3.8) is 0 Å². The number of hydrogen-bond donors (Lipinski definition) is 1. The van der Waals surface area contributed by atoms with Crippen LogP contribution in [0, 0.1) is 5.92 Å². The van der Waals surface area contributed by atoms with Crippen LogP contribution in [0.5, 0.6) is 5.88 Å². The number of aromatic nitrogens is 2. The lowest BCUT2D eigenvalue weighted by Gasteiger charge is -2.24. The molecule has 0 atom stereocenters. The van der Waals surface area contributed by atoms with Gasteiger partial charge in [-0.2, -0.15) is 0 Å². The molecule has 1 fully saturated rings. The Balaban J connectivity index is 1.64. The molecule has 2 aromatic carbocycles. The van der Waals surface area contributed by atoms with Crippen molar-refractivity contribution >= 4 is 16.8 Å². The first-order valence-corrected chi connectivity index (χ1v) is 10.5. The van der Waals surface area contributed by atoms with Crippen LogP contribution in [-0.2, 0) is 22.7 Å². The zero-order valence-electron chi connectivity index (χ0n) is 17.9. The molecule has 6 heteroatoms.